The van der Waals surface area contributed by atoms with Gasteiger partial charge in [0.1, 0.15) is 0 Å². The Kier molecular flexibility index (Phi) is 5.22. The van der Waals surface area contributed by atoms with E-state index in [1.807, 2.05) is 24.3 Å². The summed E-state index contributed by atoms with van der Waals surface area (Å²) in [7, 11) is 0. The molecule has 0 unspecified atom stereocenters. The molecule has 3 N–H and O–H groups in total. The van der Waals surface area contributed by atoms with Crippen molar-refractivity contribution in [1.29, 1.82) is 0 Å². The quantitative estimate of drug-likeness (QED) is 0.791. The predicted molar refractivity (Wildman–Crippen MR) is 80.4 cm³/mol. The second-order valence-corrected chi connectivity index (χ2v) is 5.57. The van der Waals surface area contributed by atoms with E-state index in [1.165, 1.54) is 0 Å². The molecule has 1 aliphatic carbocycles. The van der Waals surface area contributed by atoms with Crippen LogP contribution in [0.2, 0.25) is 0 Å². The maximum Gasteiger partial charge on any atom is 0.244 e. The normalized spacial score (nSPS) is 17.3. The number of carbonyl (C=O) groups excluding carboxylic acids is 1. The molecule has 0 atom stereocenters. The van der Waals surface area contributed by atoms with Crippen LogP contribution < -0.4 is 11.1 Å². The van der Waals surface area contributed by atoms with E-state index in [2.05, 4.69) is 27.9 Å². The number of carbonyl (C=O) groups is 1. The summed E-state index contributed by atoms with van der Waals surface area (Å²) in [6.07, 6.45) is 3.69. The molecule has 1 aromatic carbocycles. The van der Waals surface area contributed by atoms with Crippen molar-refractivity contribution in [3.8, 4) is 0 Å². The molecule has 0 bridgehead atoms. The lowest BCUT2D eigenvalue weighted by molar-refractivity contribution is -0.121. The molecule has 3 nitrogen and oxygen atoms in total. The van der Waals surface area contributed by atoms with Crippen LogP contribution in [0.5, 0.6) is 0 Å². The van der Waals surface area contributed by atoms with Crippen LogP contribution in [0.3, 0.4) is 0 Å². The van der Waals surface area contributed by atoms with Gasteiger partial charge in [-0.1, -0.05) is 18.9 Å². The summed E-state index contributed by atoms with van der Waals surface area (Å²) >= 11 is 2.22. The third-order valence-corrected chi connectivity index (χ3v) is 3.70. The minimum absolute atomic E-state index is 0. The SMILES string of the molecule is Cl.NC1(C(=O)Nc2cccc(I)c2)CCCC1. The van der Waals surface area contributed by atoms with Gasteiger partial charge in [0.15, 0.2) is 0 Å². The van der Waals surface area contributed by atoms with Gasteiger partial charge in [-0.15, -0.1) is 12.4 Å². The molecule has 1 aromatic rings. The molecule has 5 heteroatoms. The van der Waals surface area contributed by atoms with E-state index in [1.54, 1.807) is 0 Å². The smallest absolute Gasteiger partial charge is 0.244 e. The van der Waals surface area contributed by atoms with E-state index in [0.717, 1.165) is 34.9 Å². The molecule has 2 rings (SSSR count). The average molecular weight is 367 g/mol. The number of hydrogen-bond acceptors (Lipinski definition) is 2. The molecular formula is C12H16ClIN2O. The summed E-state index contributed by atoms with van der Waals surface area (Å²) in [5.74, 6) is -0.0491. The maximum atomic E-state index is 12.0. The van der Waals surface area contributed by atoms with Crippen LogP contribution in [0.4, 0.5) is 5.69 Å². The number of amides is 1. The molecule has 94 valence electrons. The fourth-order valence-electron chi connectivity index (χ4n) is 2.05. The Hall–Kier alpha value is -0.330. The summed E-state index contributed by atoms with van der Waals surface area (Å²) in [6.45, 7) is 0. The van der Waals surface area contributed by atoms with Gasteiger partial charge < -0.3 is 11.1 Å². The number of halogens is 2. The monoisotopic (exact) mass is 366 g/mol. The lowest BCUT2D eigenvalue weighted by atomic mass is 9.98. The highest BCUT2D eigenvalue weighted by molar-refractivity contribution is 14.1. The van der Waals surface area contributed by atoms with Crippen LogP contribution in [-0.4, -0.2) is 11.4 Å². The molecule has 0 heterocycles. The summed E-state index contributed by atoms with van der Waals surface area (Å²) in [5.41, 5.74) is 6.25. The number of hydrogen-bond donors (Lipinski definition) is 2. The minimum Gasteiger partial charge on any atom is -0.324 e. The van der Waals surface area contributed by atoms with Crippen molar-refractivity contribution < 1.29 is 4.79 Å². The fraction of sp³-hybridized carbons (Fsp3) is 0.417. The summed E-state index contributed by atoms with van der Waals surface area (Å²) < 4.78 is 1.10. The molecule has 0 spiro atoms. The highest BCUT2D eigenvalue weighted by atomic mass is 127. The topological polar surface area (TPSA) is 55.1 Å². The van der Waals surface area contributed by atoms with E-state index in [4.69, 9.17) is 5.73 Å². The Morgan fingerprint density at radius 2 is 2.00 bits per heavy atom. The molecule has 17 heavy (non-hydrogen) atoms. The highest BCUT2D eigenvalue weighted by Gasteiger charge is 2.36. The van der Waals surface area contributed by atoms with Gasteiger partial charge in [-0.2, -0.15) is 0 Å². The van der Waals surface area contributed by atoms with Crippen LogP contribution in [0.15, 0.2) is 24.3 Å². The minimum atomic E-state index is -0.652. The zero-order valence-electron chi connectivity index (χ0n) is 9.41. The Morgan fingerprint density at radius 3 is 2.59 bits per heavy atom. The van der Waals surface area contributed by atoms with E-state index in [-0.39, 0.29) is 18.3 Å². The van der Waals surface area contributed by atoms with Gasteiger partial charge >= 0.3 is 0 Å². The molecule has 1 amide bonds. The first-order valence-corrected chi connectivity index (χ1v) is 6.54. The largest absolute Gasteiger partial charge is 0.324 e. The van der Waals surface area contributed by atoms with Crippen LogP contribution >= 0.6 is 35.0 Å². The van der Waals surface area contributed by atoms with E-state index in [9.17, 15) is 4.79 Å². The Bertz CT molecular complexity index is 405. The number of benzene rings is 1. The van der Waals surface area contributed by atoms with E-state index >= 15 is 0 Å². The predicted octanol–water partition coefficient (Wildman–Crippen LogP) is 2.92. The molecule has 1 saturated carbocycles. The van der Waals surface area contributed by atoms with Gasteiger partial charge in [-0.3, -0.25) is 4.79 Å². The van der Waals surface area contributed by atoms with Crippen molar-refractivity contribution >= 4 is 46.6 Å². The average Bonchev–Trinajstić information content (AvgIpc) is 2.66. The number of nitrogens with one attached hydrogen (secondary N) is 1. The third-order valence-electron chi connectivity index (χ3n) is 3.03. The number of nitrogens with two attached hydrogens (primary N) is 1. The highest BCUT2D eigenvalue weighted by Crippen LogP contribution is 2.28. The summed E-state index contributed by atoms with van der Waals surface area (Å²) in [5, 5.41) is 2.90. The molecule has 1 fully saturated rings. The molecule has 0 radical (unpaired) electrons. The van der Waals surface area contributed by atoms with Crippen molar-refractivity contribution in [2.45, 2.75) is 31.2 Å². The molecule has 0 saturated heterocycles. The zero-order valence-corrected chi connectivity index (χ0v) is 12.4. The van der Waals surface area contributed by atoms with Gasteiger partial charge in [-0.25, -0.2) is 0 Å². The van der Waals surface area contributed by atoms with Crippen LogP contribution in [0, 0.1) is 3.57 Å². The maximum absolute atomic E-state index is 12.0. The summed E-state index contributed by atoms with van der Waals surface area (Å²) in [6, 6.07) is 7.74. The van der Waals surface area contributed by atoms with Gasteiger partial charge in [0, 0.05) is 9.26 Å². The van der Waals surface area contributed by atoms with Crippen molar-refractivity contribution in [3.63, 3.8) is 0 Å². The molecular weight excluding hydrogens is 351 g/mol. The first-order valence-electron chi connectivity index (χ1n) is 5.46. The van der Waals surface area contributed by atoms with Gasteiger partial charge in [-0.05, 0) is 53.6 Å². The van der Waals surface area contributed by atoms with Crippen LogP contribution in [0.25, 0.3) is 0 Å². The van der Waals surface area contributed by atoms with E-state index in [0.29, 0.717) is 0 Å². The van der Waals surface area contributed by atoms with E-state index < -0.39 is 5.54 Å². The van der Waals surface area contributed by atoms with Crippen molar-refractivity contribution in [2.75, 3.05) is 5.32 Å². The van der Waals surface area contributed by atoms with Gasteiger partial charge in [0.25, 0.3) is 0 Å². The van der Waals surface area contributed by atoms with Gasteiger partial charge in [0.05, 0.1) is 5.54 Å². The van der Waals surface area contributed by atoms with Crippen molar-refractivity contribution in [3.05, 3.63) is 27.8 Å². The molecule has 0 aromatic heterocycles. The van der Waals surface area contributed by atoms with Crippen molar-refractivity contribution in [1.82, 2.24) is 0 Å². The first kappa shape index (κ1) is 14.7. The Morgan fingerprint density at radius 1 is 1.35 bits per heavy atom. The number of anilines is 1. The van der Waals surface area contributed by atoms with Crippen LogP contribution in [0.1, 0.15) is 25.7 Å². The zero-order chi connectivity index (χ0) is 11.6. The Balaban J connectivity index is 0.00000144. The number of rotatable bonds is 2. The Labute approximate surface area is 121 Å². The molecule has 1 aliphatic rings. The summed E-state index contributed by atoms with van der Waals surface area (Å²) in [4.78, 5) is 12.0. The second-order valence-electron chi connectivity index (χ2n) is 4.33. The second kappa shape index (κ2) is 6.02. The lowest BCUT2D eigenvalue weighted by Crippen LogP contribution is -2.48. The standard InChI is InChI=1S/C12H15IN2O.ClH/c13-9-4-3-5-10(8-9)15-11(16)12(14)6-1-2-7-12;/h3-5,8H,1-2,6-7,14H2,(H,15,16);1H. The lowest BCUT2D eigenvalue weighted by Gasteiger charge is -2.22. The van der Waals surface area contributed by atoms with Crippen LogP contribution in [-0.2, 0) is 4.79 Å². The fourth-order valence-corrected chi connectivity index (χ4v) is 2.60. The first-order chi connectivity index (χ1) is 7.60. The van der Waals surface area contributed by atoms with Gasteiger partial charge in [0.2, 0.25) is 5.91 Å². The third kappa shape index (κ3) is 3.56. The molecule has 0 aliphatic heterocycles. The van der Waals surface area contributed by atoms with Crippen molar-refractivity contribution in [2.24, 2.45) is 5.73 Å².